The molecular weight excluding hydrogens is 651 g/mol. The van der Waals surface area contributed by atoms with Crippen molar-refractivity contribution in [1.82, 2.24) is 9.13 Å². The van der Waals surface area contributed by atoms with Crippen LogP contribution in [0.2, 0.25) is 0 Å². The summed E-state index contributed by atoms with van der Waals surface area (Å²) in [6.07, 6.45) is 8.22. The molecule has 0 fully saturated rings. The van der Waals surface area contributed by atoms with Crippen LogP contribution in [0.3, 0.4) is 0 Å². The third kappa shape index (κ3) is 4.14. The summed E-state index contributed by atoms with van der Waals surface area (Å²) in [6.45, 7) is 17.4. The largest absolute Gasteiger partial charge is 0.313 e. The van der Waals surface area contributed by atoms with Crippen LogP contribution in [0.4, 0.5) is 0 Å². The number of hydrogen-bond acceptors (Lipinski definition) is 0. The third-order valence-corrected chi connectivity index (χ3v) is 14.6. The highest BCUT2D eigenvalue weighted by Crippen LogP contribution is 2.46. The van der Waals surface area contributed by atoms with Crippen LogP contribution in [0, 0.1) is 0 Å². The molecule has 4 aliphatic rings. The Bertz CT molecular complexity index is 2750. The van der Waals surface area contributed by atoms with Gasteiger partial charge in [0.05, 0.1) is 11.0 Å². The van der Waals surface area contributed by atoms with Crippen LogP contribution in [0.15, 0.2) is 97.1 Å². The quantitative estimate of drug-likeness (QED) is 0.162. The molecule has 0 bridgehead atoms. The maximum Gasteiger partial charge on any atom is 0.242 e. The highest BCUT2D eigenvalue weighted by Gasteiger charge is 2.50. The van der Waals surface area contributed by atoms with Gasteiger partial charge in [-0.1, -0.05) is 126 Å². The lowest BCUT2D eigenvalue weighted by Gasteiger charge is -2.48. The molecule has 1 atom stereocenters. The van der Waals surface area contributed by atoms with Crippen LogP contribution in [-0.2, 0) is 41.9 Å². The second kappa shape index (κ2) is 10.9. The molecule has 1 unspecified atom stereocenters. The normalized spacial score (nSPS) is 19.2. The van der Waals surface area contributed by atoms with Crippen molar-refractivity contribution in [2.45, 2.75) is 110 Å². The molecular formula is C51H51BN2. The summed E-state index contributed by atoms with van der Waals surface area (Å²) >= 11 is 0. The molecule has 11 rings (SSSR count). The van der Waals surface area contributed by atoms with Gasteiger partial charge >= 0.3 is 0 Å². The van der Waals surface area contributed by atoms with E-state index < -0.39 is 0 Å². The van der Waals surface area contributed by atoms with Crippen molar-refractivity contribution in [3.8, 4) is 11.4 Å². The van der Waals surface area contributed by atoms with E-state index in [2.05, 4.69) is 155 Å². The fourth-order valence-electron chi connectivity index (χ4n) is 11.7. The van der Waals surface area contributed by atoms with Crippen molar-refractivity contribution in [3.63, 3.8) is 0 Å². The van der Waals surface area contributed by atoms with Gasteiger partial charge in [0, 0.05) is 44.4 Å². The second-order valence-electron chi connectivity index (χ2n) is 18.8. The van der Waals surface area contributed by atoms with Crippen molar-refractivity contribution in [3.05, 3.63) is 147 Å². The van der Waals surface area contributed by atoms with Gasteiger partial charge in [-0.2, -0.15) is 0 Å². The van der Waals surface area contributed by atoms with Gasteiger partial charge < -0.3 is 9.13 Å². The number of benzene rings is 5. The first kappa shape index (κ1) is 32.7. The van der Waals surface area contributed by atoms with Gasteiger partial charge in [-0.15, -0.1) is 0 Å². The molecule has 0 radical (unpaired) electrons. The molecule has 0 saturated carbocycles. The van der Waals surface area contributed by atoms with Crippen LogP contribution in [0.5, 0.6) is 0 Å². The van der Waals surface area contributed by atoms with E-state index in [-0.39, 0.29) is 23.0 Å². The van der Waals surface area contributed by atoms with E-state index in [1.54, 1.807) is 22.2 Å². The van der Waals surface area contributed by atoms with Gasteiger partial charge in [0.2, 0.25) is 6.71 Å². The lowest BCUT2D eigenvalue weighted by Crippen LogP contribution is -2.67. The standard InChI is InChI=1S/C51H51BN2/c1-8-51(7)39-30-33(54-45-20-12-10-16-35(45)37-18-14-22-47(37)54)24-26-43(39)52-42-25-23-32(53-44-19-11-9-15-34(44)36-17-13-21-46(36)53)29-38(42)50(5,6)40-27-31(49(2,3)4)28-41(51)48(40)52/h9-12,15-16,19-20,23-30H,8,13-14,17-18,21-22H2,1-7H3. The van der Waals surface area contributed by atoms with E-state index in [0.29, 0.717) is 0 Å². The first-order chi connectivity index (χ1) is 26.0. The monoisotopic (exact) mass is 702 g/mol. The summed E-state index contributed by atoms with van der Waals surface area (Å²) in [5.41, 5.74) is 23.3. The lowest BCUT2D eigenvalue weighted by molar-refractivity contribution is 0.538. The Morgan fingerprint density at radius 1 is 0.593 bits per heavy atom. The molecule has 4 heterocycles. The van der Waals surface area contributed by atoms with Crippen molar-refractivity contribution in [1.29, 1.82) is 0 Å². The van der Waals surface area contributed by atoms with E-state index in [1.807, 2.05) is 0 Å². The average Bonchev–Trinajstić information content (AvgIpc) is 3.96. The molecule has 5 aromatic carbocycles. The predicted molar refractivity (Wildman–Crippen MR) is 229 cm³/mol. The van der Waals surface area contributed by atoms with E-state index in [1.165, 1.54) is 103 Å². The number of aryl methyl sites for hydroxylation is 2. The van der Waals surface area contributed by atoms with Gasteiger partial charge in [-0.25, -0.2) is 0 Å². The minimum Gasteiger partial charge on any atom is -0.313 e. The molecule has 268 valence electrons. The maximum absolute atomic E-state index is 2.62. The smallest absolute Gasteiger partial charge is 0.242 e. The first-order valence-electron chi connectivity index (χ1n) is 20.7. The molecule has 3 heteroatoms. The zero-order chi connectivity index (χ0) is 36.9. The van der Waals surface area contributed by atoms with Crippen molar-refractivity contribution < 1.29 is 0 Å². The van der Waals surface area contributed by atoms with Gasteiger partial charge in [0.1, 0.15) is 0 Å². The van der Waals surface area contributed by atoms with Crippen LogP contribution in [-0.4, -0.2) is 15.8 Å². The summed E-state index contributed by atoms with van der Waals surface area (Å²) in [5, 5.41) is 2.87. The number of rotatable bonds is 3. The number of aromatic nitrogens is 2. The molecule has 2 nitrogen and oxygen atoms in total. The molecule has 0 amide bonds. The SMILES string of the molecule is CCC1(C)c2cc(-n3c4c(c5ccccc53)CCC4)ccc2B2c3ccc(-n4c5c(c6ccccc64)CCC5)cc3C(C)(C)c3cc(C(C)(C)C)cc1c32. The van der Waals surface area contributed by atoms with Gasteiger partial charge in [0.15, 0.2) is 0 Å². The van der Waals surface area contributed by atoms with E-state index >= 15 is 0 Å². The Labute approximate surface area is 321 Å². The number of fused-ring (bicyclic) bond motifs is 10. The lowest BCUT2D eigenvalue weighted by atomic mass is 9.27. The molecule has 7 aromatic rings. The topological polar surface area (TPSA) is 9.86 Å². The Balaban J connectivity index is 1.19. The Kier molecular flexibility index (Phi) is 6.61. The summed E-state index contributed by atoms with van der Waals surface area (Å²) in [5.74, 6) is 0. The Hall–Kier alpha value is -4.76. The summed E-state index contributed by atoms with van der Waals surface area (Å²) in [4.78, 5) is 0. The minimum atomic E-state index is -0.157. The fourth-order valence-corrected chi connectivity index (χ4v) is 11.7. The van der Waals surface area contributed by atoms with Crippen LogP contribution in [0.25, 0.3) is 33.2 Å². The third-order valence-electron chi connectivity index (χ3n) is 14.6. The first-order valence-corrected chi connectivity index (χ1v) is 20.7. The molecule has 2 aliphatic heterocycles. The summed E-state index contributed by atoms with van der Waals surface area (Å²) < 4.78 is 5.22. The minimum absolute atomic E-state index is 0.0330. The highest BCUT2D eigenvalue weighted by atomic mass is 15.0. The highest BCUT2D eigenvalue weighted by molar-refractivity contribution is 6.97. The van der Waals surface area contributed by atoms with Gasteiger partial charge in [-0.3, -0.25) is 0 Å². The number of nitrogens with zero attached hydrogens (tertiary/aromatic N) is 2. The fraction of sp³-hybridized carbons (Fsp3) is 0.333. The molecule has 0 N–H and O–H groups in total. The zero-order valence-corrected chi connectivity index (χ0v) is 33.2. The van der Waals surface area contributed by atoms with Crippen LogP contribution in [0.1, 0.15) is 118 Å². The van der Waals surface area contributed by atoms with E-state index in [4.69, 9.17) is 0 Å². The van der Waals surface area contributed by atoms with Crippen LogP contribution < -0.4 is 16.4 Å². The number of hydrogen-bond donors (Lipinski definition) is 0. The number of para-hydroxylation sites is 2. The second-order valence-corrected chi connectivity index (χ2v) is 18.8. The summed E-state index contributed by atoms with van der Waals surface area (Å²) in [6, 6.07) is 38.6. The molecule has 0 saturated heterocycles. The van der Waals surface area contributed by atoms with E-state index in [0.717, 1.165) is 19.3 Å². The average molecular weight is 703 g/mol. The zero-order valence-electron chi connectivity index (χ0n) is 33.2. The van der Waals surface area contributed by atoms with Gasteiger partial charge in [-0.05, 0) is 126 Å². The molecule has 54 heavy (non-hydrogen) atoms. The van der Waals surface area contributed by atoms with Crippen molar-refractivity contribution in [2.24, 2.45) is 0 Å². The van der Waals surface area contributed by atoms with Gasteiger partial charge in [0.25, 0.3) is 0 Å². The van der Waals surface area contributed by atoms with E-state index in [9.17, 15) is 0 Å². The predicted octanol–water partition coefficient (Wildman–Crippen LogP) is 10.0. The molecule has 2 aliphatic carbocycles. The molecule has 0 spiro atoms. The maximum atomic E-state index is 2.62. The van der Waals surface area contributed by atoms with Crippen molar-refractivity contribution in [2.75, 3.05) is 0 Å². The Morgan fingerprint density at radius 3 is 1.67 bits per heavy atom. The molecule has 2 aromatic heterocycles. The van der Waals surface area contributed by atoms with Crippen LogP contribution >= 0.6 is 0 Å². The Morgan fingerprint density at radius 2 is 1.11 bits per heavy atom. The van der Waals surface area contributed by atoms with Crippen molar-refractivity contribution >= 4 is 44.9 Å². The summed E-state index contributed by atoms with van der Waals surface area (Å²) in [7, 11) is 0.